The topological polar surface area (TPSA) is 114 Å². The number of carbonyl (C=O) groups is 2. The Labute approximate surface area is 186 Å². The van der Waals surface area contributed by atoms with Crippen LogP contribution in [0.25, 0.3) is 5.69 Å². The minimum atomic E-state index is -0.609. The van der Waals surface area contributed by atoms with Crippen LogP contribution in [0.3, 0.4) is 0 Å². The lowest BCUT2D eigenvalue weighted by Gasteiger charge is -2.14. The fourth-order valence-corrected chi connectivity index (χ4v) is 3.53. The van der Waals surface area contributed by atoms with Crippen molar-refractivity contribution in [3.8, 4) is 5.69 Å². The highest BCUT2D eigenvalue weighted by atomic mass is 32.1. The molecule has 1 saturated heterocycles. The number of hydrogen-bond acceptors (Lipinski definition) is 6. The number of anilines is 1. The zero-order valence-corrected chi connectivity index (χ0v) is 17.8. The van der Waals surface area contributed by atoms with Gasteiger partial charge in [-0.2, -0.15) is 0 Å². The van der Waals surface area contributed by atoms with Crippen molar-refractivity contribution in [1.82, 2.24) is 24.4 Å². The van der Waals surface area contributed by atoms with Crippen LogP contribution >= 0.6 is 12.2 Å². The number of H-pyrrole nitrogens is 1. The van der Waals surface area contributed by atoms with Gasteiger partial charge in [-0.05, 0) is 30.4 Å². The highest BCUT2D eigenvalue weighted by Crippen LogP contribution is 2.25. The maximum Gasteiger partial charge on any atom is 0.414 e. The first kappa shape index (κ1) is 21.4. The van der Waals surface area contributed by atoms with Gasteiger partial charge in [0.1, 0.15) is 11.9 Å². The minimum Gasteiger partial charge on any atom is -0.442 e. The number of amides is 2. The van der Waals surface area contributed by atoms with Crippen molar-refractivity contribution in [2.75, 3.05) is 18.0 Å². The van der Waals surface area contributed by atoms with Gasteiger partial charge in [0.15, 0.2) is 4.77 Å². The van der Waals surface area contributed by atoms with E-state index >= 15 is 0 Å². The Morgan fingerprint density at radius 1 is 1.38 bits per heavy atom. The van der Waals surface area contributed by atoms with Crippen LogP contribution in [0, 0.1) is 10.6 Å². The number of benzene rings is 1. The van der Waals surface area contributed by atoms with E-state index in [9.17, 15) is 18.8 Å². The van der Waals surface area contributed by atoms with Crippen molar-refractivity contribution in [3.63, 3.8) is 0 Å². The summed E-state index contributed by atoms with van der Waals surface area (Å²) < 4.78 is 23.2. The summed E-state index contributed by atoms with van der Waals surface area (Å²) in [5, 5.41) is 2.59. The number of rotatable bonds is 6. The second-order valence-corrected chi connectivity index (χ2v) is 7.56. The standard InChI is InChI=1S/C20H19FN6O4S/c1-12(28)23-7-15-10-26(20(30)31-15)14-2-3-17(16(21)6-14)25-8-13(24-11-25)9-27-18(29)4-5-22-19(27)32/h2-6,8,11,15H,7,9-10H2,1H3,(H,22,32)(H,23,28). The zero-order valence-electron chi connectivity index (χ0n) is 16.9. The molecule has 0 bridgehead atoms. The lowest BCUT2D eigenvalue weighted by atomic mass is 10.2. The van der Waals surface area contributed by atoms with E-state index in [4.69, 9.17) is 17.0 Å². The number of halogens is 1. The van der Waals surface area contributed by atoms with Crippen molar-refractivity contribution in [2.45, 2.75) is 19.6 Å². The average molecular weight is 458 g/mol. The summed E-state index contributed by atoms with van der Waals surface area (Å²) in [7, 11) is 0. The number of aromatic amines is 1. The van der Waals surface area contributed by atoms with Crippen molar-refractivity contribution < 1.29 is 18.7 Å². The first-order valence-corrected chi connectivity index (χ1v) is 10.1. The molecule has 32 heavy (non-hydrogen) atoms. The van der Waals surface area contributed by atoms with Crippen LogP contribution in [0.2, 0.25) is 0 Å². The van der Waals surface area contributed by atoms with Gasteiger partial charge >= 0.3 is 6.09 Å². The van der Waals surface area contributed by atoms with E-state index in [1.807, 2.05) is 0 Å². The van der Waals surface area contributed by atoms with Gasteiger partial charge in [0.05, 0.1) is 43.0 Å². The van der Waals surface area contributed by atoms with Gasteiger partial charge in [0.25, 0.3) is 5.56 Å². The second-order valence-electron chi connectivity index (χ2n) is 7.17. The number of imidazole rings is 1. The van der Waals surface area contributed by atoms with Crippen LogP contribution in [-0.4, -0.2) is 50.3 Å². The monoisotopic (exact) mass is 458 g/mol. The molecule has 10 nitrogen and oxygen atoms in total. The zero-order chi connectivity index (χ0) is 22.8. The summed E-state index contributed by atoms with van der Waals surface area (Å²) in [6.07, 6.45) is 3.37. The maximum absolute atomic E-state index is 14.9. The molecule has 4 rings (SSSR count). The van der Waals surface area contributed by atoms with Gasteiger partial charge in [-0.1, -0.05) is 0 Å². The third-order valence-corrected chi connectivity index (χ3v) is 5.21. The molecule has 1 aliphatic rings. The lowest BCUT2D eigenvalue weighted by molar-refractivity contribution is -0.119. The molecule has 1 atom stereocenters. The Hall–Kier alpha value is -3.80. The fraction of sp³-hybridized carbons (Fsp3) is 0.250. The number of carbonyl (C=O) groups excluding carboxylic acids is 2. The van der Waals surface area contributed by atoms with Gasteiger partial charge in [-0.3, -0.25) is 19.1 Å². The summed E-state index contributed by atoms with van der Waals surface area (Å²) >= 11 is 5.12. The quantitative estimate of drug-likeness (QED) is 0.544. The third-order valence-electron chi connectivity index (χ3n) is 4.87. The molecule has 166 valence electrons. The smallest absolute Gasteiger partial charge is 0.414 e. The molecular weight excluding hydrogens is 439 g/mol. The normalized spacial score (nSPS) is 15.6. The Morgan fingerprint density at radius 2 is 2.19 bits per heavy atom. The van der Waals surface area contributed by atoms with Crippen molar-refractivity contribution in [3.05, 3.63) is 69.6 Å². The molecule has 2 N–H and O–H groups in total. The fourth-order valence-electron chi connectivity index (χ4n) is 3.31. The molecule has 2 aromatic heterocycles. The molecule has 3 aromatic rings. The molecule has 1 fully saturated rings. The van der Waals surface area contributed by atoms with E-state index in [0.29, 0.717) is 11.4 Å². The van der Waals surface area contributed by atoms with Crippen LogP contribution in [0.15, 0.2) is 47.8 Å². The molecule has 12 heteroatoms. The van der Waals surface area contributed by atoms with E-state index in [-0.39, 0.29) is 41.6 Å². The molecule has 1 aromatic carbocycles. The third kappa shape index (κ3) is 4.44. The SMILES string of the molecule is CC(=O)NCC1CN(c2ccc(-n3cnc(Cn4c(=O)cc[nH]c4=S)c3)c(F)c2)C(=O)O1. The van der Waals surface area contributed by atoms with Gasteiger partial charge in [0, 0.05) is 25.4 Å². The summed E-state index contributed by atoms with van der Waals surface area (Å²) in [5.41, 5.74) is 0.808. The van der Waals surface area contributed by atoms with Crippen LogP contribution in [-0.2, 0) is 16.1 Å². The molecule has 0 saturated carbocycles. The highest BCUT2D eigenvalue weighted by Gasteiger charge is 2.32. The number of ether oxygens (including phenoxy) is 1. The second kappa shape index (κ2) is 8.75. The number of hydrogen-bond donors (Lipinski definition) is 2. The van der Waals surface area contributed by atoms with E-state index in [0.717, 1.165) is 0 Å². The molecule has 1 aliphatic heterocycles. The van der Waals surface area contributed by atoms with Crippen molar-refractivity contribution in [1.29, 1.82) is 0 Å². The van der Waals surface area contributed by atoms with E-state index in [2.05, 4.69) is 15.3 Å². The van der Waals surface area contributed by atoms with Crippen molar-refractivity contribution >= 4 is 29.9 Å². The van der Waals surface area contributed by atoms with Gasteiger partial charge < -0.3 is 19.6 Å². The van der Waals surface area contributed by atoms with Gasteiger partial charge in [-0.15, -0.1) is 0 Å². The summed E-state index contributed by atoms with van der Waals surface area (Å²) in [4.78, 5) is 43.5. The Kier molecular flexibility index (Phi) is 5.86. The first-order valence-electron chi connectivity index (χ1n) is 9.65. The van der Waals surface area contributed by atoms with Crippen LogP contribution < -0.4 is 15.8 Å². The lowest BCUT2D eigenvalue weighted by Crippen LogP contribution is -2.33. The Morgan fingerprint density at radius 3 is 2.91 bits per heavy atom. The number of nitrogens with zero attached hydrogens (tertiary/aromatic N) is 4. The number of nitrogens with one attached hydrogen (secondary N) is 2. The van der Waals surface area contributed by atoms with Gasteiger partial charge in [0.2, 0.25) is 5.91 Å². The molecule has 2 amide bonds. The van der Waals surface area contributed by atoms with E-state index in [1.165, 1.54) is 51.7 Å². The highest BCUT2D eigenvalue weighted by molar-refractivity contribution is 7.71. The molecule has 0 aliphatic carbocycles. The molecular formula is C20H19FN6O4S. The first-order chi connectivity index (χ1) is 15.3. The molecule has 0 spiro atoms. The average Bonchev–Trinajstić information content (AvgIpc) is 3.35. The van der Waals surface area contributed by atoms with Gasteiger partial charge in [-0.25, -0.2) is 14.2 Å². The Balaban J connectivity index is 1.51. The minimum absolute atomic E-state index is 0.136. The van der Waals surface area contributed by atoms with Crippen LogP contribution in [0.1, 0.15) is 12.6 Å². The van der Waals surface area contributed by atoms with E-state index in [1.54, 1.807) is 12.3 Å². The molecule has 1 unspecified atom stereocenters. The summed E-state index contributed by atoms with van der Waals surface area (Å²) in [5.74, 6) is -0.799. The van der Waals surface area contributed by atoms with E-state index < -0.39 is 18.0 Å². The summed E-state index contributed by atoms with van der Waals surface area (Å²) in [6.45, 7) is 1.89. The predicted molar refractivity (Wildman–Crippen MR) is 115 cm³/mol. The predicted octanol–water partition coefficient (Wildman–Crippen LogP) is 1.74. The number of aromatic nitrogens is 4. The Bertz CT molecular complexity index is 1270. The maximum atomic E-state index is 14.9. The van der Waals surface area contributed by atoms with Crippen LogP contribution in [0.5, 0.6) is 0 Å². The van der Waals surface area contributed by atoms with Crippen molar-refractivity contribution in [2.24, 2.45) is 0 Å². The molecule has 0 radical (unpaired) electrons. The van der Waals surface area contributed by atoms with Crippen LogP contribution in [0.4, 0.5) is 14.9 Å². The summed E-state index contributed by atoms with van der Waals surface area (Å²) in [6, 6.07) is 5.70. The largest absolute Gasteiger partial charge is 0.442 e. The molecule has 3 heterocycles. The number of cyclic esters (lactones) is 1.